The van der Waals surface area contributed by atoms with Gasteiger partial charge in [-0.15, -0.1) is 0 Å². The first-order valence-corrected chi connectivity index (χ1v) is 8.78. The number of hydrazone groups is 1. The van der Waals surface area contributed by atoms with Crippen LogP contribution in [-0.4, -0.2) is 32.1 Å². The number of ether oxygens (including phenoxy) is 4. The van der Waals surface area contributed by atoms with E-state index >= 15 is 0 Å². The molecule has 1 heterocycles. The van der Waals surface area contributed by atoms with Crippen molar-refractivity contribution in [2.24, 2.45) is 5.10 Å². The fourth-order valence-corrected chi connectivity index (χ4v) is 2.73. The van der Waals surface area contributed by atoms with Crippen molar-refractivity contribution in [2.75, 3.05) is 20.0 Å². The van der Waals surface area contributed by atoms with E-state index in [-0.39, 0.29) is 13.4 Å². The van der Waals surface area contributed by atoms with Crippen LogP contribution in [0.4, 0.5) is 0 Å². The van der Waals surface area contributed by atoms with Crippen molar-refractivity contribution in [3.05, 3.63) is 45.9 Å². The molecule has 0 bridgehead atoms. The van der Waals surface area contributed by atoms with Gasteiger partial charge in [0.2, 0.25) is 6.79 Å². The summed E-state index contributed by atoms with van der Waals surface area (Å²) in [6, 6.07) is 8.19. The maximum absolute atomic E-state index is 11.9. The van der Waals surface area contributed by atoms with Crippen LogP contribution in [0.3, 0.4) is 0 Å². The summed E-state index contributed by atoms with van der Waals surface area (Å²) in [4.78, 5) is 11.9. The summed E-state index contributed by atoms with van der Waals surface area (Å²) in [6.45, 7) is 2.25. The maximum atomic E-state index is 11.9. The van der Waals surface area contributed by atoms with Gasteiger partial charge in [-0.25, -0.2) is 5.43 Å². The molecule has 0 fully saturated rings. The number of halogens is 2. The van der Waals surface area contributed by atoms with Crippen LogP contribution in [0.1, 0.15) is 12.5 Å². The van der Waals surface area contributed by atoms with E-state index in [1.165, 1.54) is 12.3 Å². The van der Waals surface area contributed by atoms with Crippen LogP contribution in [0.2, 0.25) is 10.0 Å². The largest absolute Gasteiger partial charge is 0.493 e. The van der Waals surface area contributed by atoms with Gasteiger partial charge in [0, 0.05) is 16.7 Å². The zero-order valence-electron chi connectivity index (χ0n) is 14.3. The Bertz CT molecular complexity index is 873. The van der Waals surface area contributed by atoms with Gasteiger partial charge < -0.3 is 18.9 Å². The maximum Gasteiger partial charge on any atom is 0.277 e. The van der Waals surface area contributed by atoms with Gasteiger partial charge in [0.05, 0.1) is 17.8 Å². The standard InChI is InChI=1S/C18H16Cl2N2O5/c1-2-24-15-7-17-16(26-10-27-17)5-11(15)8-21-22-18(23)9-25-14-4-3-12(19)6-13(14)20/h3-8H,2,9-10H2,1H3,(H,22,23)/b21-8-. The second kappa shape index (κ2) is 8.83. The van der Waals surface area contributed by atoms with Gasteiger partial charge in [-0.05, 0) is 31.2 Å². The summed E-state index contributed by atoms with van der Waals surface area (Å²) in [7, 11) is 0. The van der Waals surface area contributed by atoms with Gasteiger partial charge in [-0.2, -0.15) is 5.10 Å². The molecule has 0 aromatic heterocycles. The van der Waals surface area contributed by atoms with Crippen molar-refractivity contribution < 1.29 is 23.7 Å². The predicted octanol–water partition coefficient (Wildman–Crippen LogP) is 3.65. The molecule has 3 rings (SSSR count). The minimum Gasteiger partial charge on any atom is -0.493 e. The lowest BCUT2D eigenvalue weighted by Crippen LogP contribution is -2.24. The highest BCUT2D eigenvalue weighted by molar-refractivity contribution is 6.35. The zero-order valence-corrected chi connectivity index (χ0v) is 15.8. The van der Waals surface area contributed by atoms with Crippen LogP contribution in [0.5, 0.6) is 23.0 Å². The normalized spacial score (nSPS) is 12.3. The molecule has 27 heavy (non-hydrogen) atoms. The van der Waals surface area contributed by atoms with E-state index in [1.807, 2.05) is 6.92 Å². The van der Waals surface area contributed by atoms with Crippen molar-refractivity contribution in [2.45, 2.75) is 6.92 Å². The predicted molar refractivity (Wildman–Crippen MR) is 101 cm³/mol. The fraction of sp³-hybridized carbons (Fsp3) is 0.222. The molecule has 0 atom stereocenters. The lowest BCUT2D eigenvalue weighted by atomic mass is 10.2. The molecular weight excluding hydrogens is 395 g/mol. The number of fused-ring (bicyclic) bond motifs is 1. The summed E-state index contributed by atoms with van der Waals surface area (Å²) >= 11 is 11.8. The number of amides is 1. The van der Waals surface area contributed by atoms with E-state index in [2.05, 4.69) is 10.5 Å². The van der Waals surface area contributed by atoms with Crippen LogP contribution in [0.15, 0.2) is 35.4 Å². The van der Waals surface area contributed by atoms with E-state index in [0.29, 0.717) is 45.2 Å². The van der Waals surface area contributed by atoms with Gasteiger partial charge in [0.25, 0.3) is 5.91 Å². The molecule has 0 aliphatic carbocycles. The minimum absolute atomic E-state index is 0.156. The van der Waals surface area contributed by atoms with Gasteiger partial charge in [-0.1, -0.05) is 23.2 Å². The molecular formula is C18H16Cl2N2O5. The molecule has 0 spiro atoms. The zero-order chi connectivity index (χ0) is 19.2. The Kier molecular flexibility index (Phi) is 6.26. The van der Waals surface area contributed by atoms with Crippen LogP contribution >= 0.6 is 23.2 Å². The summed E-state index contributed by atoms with van der Waals surface area (Å²) in [5, 5.41) is 4.73. The summed E-state index contributed by atoms with van der Waals surface area (Å²) in [6.07, 6.45) is 1.46. The van der Waals surface area contributed by atoms with E-state index in [9.17, 15) is 4.79 Å². The highest BCUT2D eigenvalue weighted by Crippen LogP contribution is 2.37. The Hall–Kier alpha value is -2.64. The van der Waals surface area contributed by atoms with Crippen LogP contribution in [0, 0.1) is 0 Å². The Morgan fingerprint density at radius 3 is 2.70 bits per heavy atom. The Labute approximate surface area is 165 Å². The minimum atomic E-state index is -0.448. The SMILES string of the molecule is CCOc1cc2c(cc1/C=N\NC(=O)COc1ccc(Cl)cc1Cl)OCO2. The quantitative estimate of drug-likeness (QED) is 0.556. The summed E-state index contributed by atoms with van der Waals surface area (Å²) in [5.74, 6) is 1.68. The van der Waals surface area contributed by atoms with Crippen molar-refractivity contribution >= 4 is 35.3 Å². The summed E-state index contributed by atoms with van der Waals surface area (Å²) < 4.78 is 21.6. The van der Waals surface area contributed by atoms with Gasteiger partial charge in [0.15, 0.2) is 18.1 Å². The molecule has 0 saturated heterocycles. The highest BCUT2D eigenvalue weighted by Gasteiger charge is 2.17. The number of carbonyl (C=O) groups is 1. The molecule has 1 aliphatic heterocycles. The van der Waals surface area contributed by atoms with Crippen LogP contribution < -0.4 is 24.4 Å². The number of benzene rings is 2. The van der Waals surface area contributed by atoms with E-state index in [4.69, 9.17) is 42.1 Å². The Morgan fingerprint density at radius 1 is 1.19 bits per heavy atom. The molecule has 0 saturated carbocycles. The van der Waals surface area contributed by atoms with Gasteiger partial charge in [-0.3, -0.25) is 4.79 Å². The van der Waals surface area contributed by atoms with Gasteiger partial charge >= 0.3 is 0 Å². The lowest BCUT2D eigenvalue weighted by Gasteiger charge is -2.09. The molecule has 9 heteroatoms. The van der Waals surface area contributed by atoms with E-state index in [0.717, 1.165) is 0 Å². The monoisotopic (exact) mass is 410 g/mol. The third-order valence-electron chi connectivity index (χ3n) is 3.45. The smallest absolute Gasteiger partial charge is 0.277 e. The second-order valence-corrected chi connectivity index (χ2v) is 6.18. The number of carbonyl (C=O) groups excluding carboxylic acids is 1. The number of rotatable bonds is 7. The Balaban J connectivity index is 1.59. The summed E-state index contributed by atoms with van der Waals surface area (Å²) in [5.41, 5.74) is 3.02. The molecule has 1 amide bonds. The van der Waals surface area contributed by atoms with Crippen molar-refractivity contribution in [3.63, 3.8) is 0 Å². The van der Waals surface area contributed by atoms with E-state index in [1.54, 1.807) is 24.3 Å². The molecule has 142 valence electrons. The average molecular weight is 411 g/mol. The van der Waals surface area contributed by atoms with E-state index < -0.39 is 5.91 Å². The molecule has 2 aromatic carbocycles. The number of hydrogen-bond donors (Lipinski definition) is 1. The third-order valence-corrected chi connectivity index (χ3v) is 3.98. The van der Waals surface area contributed by atoms with Crippen molar-refractivity contribution in [3.8, 4) is 23.0 Å². The molecule has 7 nitrogen and oxygen atoms in total. The molecule has 1 aliphatic rings. The topological polar surface area (TPSA) is 78.4 Å². The fourth-order valence-electron chi connectivity index (χ4n) is 2.26. The average Bonchev–Trinajstić information content (AvgIpc) is 3.08. The number of nitrogens with one attached hydrogen (secondary N) is 1. The third kappa shape index (κ3) is 4.96. The number of hydrogen-bond acceptors (Lipinski definition) is 6. The first kappa shape index (κ1) is 19.1. The Morgan fingerprint density at radius 2 is 1.96 bits per heavy atom. The van der Waals surface area contributed by atoms with Crippen LogP contribution in [0.25, 0.3) is 0 Å². The molecule has 0 radical (unpaired) electrons. The molecule has 0 unspecified atom stereocenters. The number of nitrogens with zero attached hydrogens (tertiary/aromatic N) is 1. The van der Waals surface area contributed by atoms with Crippen LogP contribution in [-0.2, 0) is 4.79 Å². The van der Waals surface area contributed by atoms with Crippen molar-refractivity contribution in [1.29, 1.82) is 0 Å². The van der Waals surface area contributed by atoms with Crippen molar-refractivity contribution in [1.82, 2.24) is 5.43 Å². The first-order chi connectivity index (χ1) is 13.1. The van der Waals surface area contributed by atoms with Gasteiger partial charge in [0.1, 0.15) is 11.5 Å². The lowest BCUT2D eigenvalue weighted by molar-refractivity contribution is -0.123. The molecule has 1 N–H and O–H groups in total. The highest BCUT2D eigenvalue weighted by atomic mass is 35.5. The molecule has 2 aromatic rings. The first-order valence-electron chi connectivity index (χ1n) is 8.03. The second-order valence-electron chi connectivity index (χ2n) is 5.33.